The third-order valence-corrected chi connectivity index (χ3v) is 4.77. The first-order valence-corrected chi connectivity index (χ1v) is 8.34. The van der Waals surface area contributed by atoms with Crippen molar-refractivity contribution < 1.29 is 0 Å². The third kappa shape index (κ3) is 3.29. The van der Waals surface area contributed by atoms with E-state index < -0.39 is 0 Å². The van der Waals surface area contributed by atoms with Gasteiger partial charge < -0.3 is 10.6 Å². The molecule has 21 heavy (non-hydrogen) atoms. The monoisotopic (exact) mass is 296 g/mol. The van der Waals surface area contributed by atoms with Crippen LogP contribution in [0.2, 0.25) is 0 Å². The molecule has 1 aromatic carbocycles. The maximum Gasteiger partial charge on any atom is 0.0555 e. The predicted octanol–water partition coefficient (Wildman–Crippen LogP) is 3.40. The zero-order valence-corrected chi connectivity index (χ0v) is 13.0. The average molecular weight is 296 g/mol. The van der Waals surface area contributed by atoms with Gasteiger partial charge in [0.15, 0.2) is 0 Å². The molecule has 2 aromatic rings. The van der Waals surface area contributed by atoms with Gasteiger partial charge in [0.1, 0.15) is 0 Å². The maximum atomic E-state index is 5.48. The van der Waals surface area contributed by atoms with Crippen molar-refractivity contribution in [2.45, 2.75) is 25.8 Å². The average Bonchev–Trinajstić information content (AvgIpc) is 2.85. The minimum Gasteiger partial charge on any atom is -0.366 e. The van der Waals surface area contributed by atoms with Gasteiger partial charge in [0.25, 0.3) is 0 Å². The minimum absolute atomic E-state index is 0.418. The van der Waals surface area contributed by atoms with E-state index in [0.717, 1.165) is 18.7 Å². The number of aryl methyl sites for hydroxylation is 1. The van der Waals surface area contributed by atoms with Gasteiger partial charge in [0.2, 0.25) is 0 Å². The molecule has 0 fully saturated rings. The van der Waals surface area contributed by atoms with Crippen LogP contribution in [0.5, 0.6) is 0 Å². The van der Waals surface area contributed by atoms with Crippen LogP contribution in [0.3, 0.4) is 0 Å². The van der Waals surface area contributed by atoms with Crippen molar-refractivity contribution >= 4 is 17.0 Å². The lowest BCUT2D eigenvalue weighted by atomic mass is 10.1. The molecule has 1 aliphatic heterocycles. The first-order chi connectivity index (χ1) is 10.4. The fourth-order valence-corrected chi connectivity index (χ4v) is 3.67. The standard InChI is InChI=1S/C18H20N2S/c19-11-5-8-16-10-13-21-18(16)14-20-12-4-3-7-15-6-1-2-9-17(15)20/h1-2,6,9-10,13H,3-4,7,11-12,14,19H2. The molecule has 0 aliphatic carbocycles. The lowest BCUT2D eigenvalue weighted by molar-refractivity contribution is 0.717. The molecule has 2 nitrogen and oxygen atoms in total. The second-order valence-electron chi connectivity index (χ2n) is 5.27. The smallest absolute Gasteiger partial charge is 0.0555 e. The zero-order valence-electron chi connectivity index (χ0n) is 12.1. The van der Waals surface area contributed by atoms with E-state index in [-0.39, 0.29) is 0 Å². The van der Waals surface area contributed by atoms with Gasteiger partial charge in [-0.1, -0.05) is 30.0 Å². The number of anilines is 1. The SMILES string of the molecule is NCC#Cc1ccsc1CN1CCCCc2ccccc21. The summed E-state index contributed by atoms with van der Waals surface area (Å²) in [5, 5.41) is 2.12. The van der Waals surface area contributed by atoms with Gasteiger partial charge in [-0.2, -0.15) is 0 Å². The Kier molecular flexibility index (Phi) is 4.59. The highest BCUT2D eigenvalue weighted by Gasteiger charge is 2.16. The largest absolute Gasteiger partial charge is 0.366 e. The van der Waals surface area contributed by atoms with Crippen molar-refractivity contribution in [1.82, 2.24) is 0 Å². The van der Waals surface area contributed by atoms with Gasteiger partial charge in [-0.25, -0.2) is 0 Å². The van der Waals surface area contributed by atoms with E-state index in [1.807, 2.05) is 0 Å². The molecule has 3 heteroatoms. The molecular weight excluding hydrogens is 276 g/mol. The number of benzene rings is 1. The molecular formula is C18H20N2S. The number of nitrogens with zero attached hydrogens (tertiary/aromatic N) is 1. The Morgan fingerprint density at radius 1 is 1.19 bits per heavy atom. The number of para-hydroxylation sites is 1. The van der Waals surface area contributed by atoms with Crippen molar-refractivity contribution in [3.05, 3.63) is 51.7 Å². The fourth-order valence-electron chi connectivity index (χ4n) is 2.83. The molecule has 2 heterocycles. The predicted molar refractivity (Wildman–Crippen MR) is 90.7 cm³/mol. The molecule has 1 aromatic heterocycles. The summed E-state index contributed by atoms with van der Waals surface area (Å²) in [6.07, 6.45) is 3.72. The molecule has 0 saturated heterocycles. The van der Waals surface area contributed by atoms with Crippen molar-refractivity contribution in [1.29, 1.82) is 0 Å². The molecule has 0 bridgehead atoms. The lowest BCUT2D eigenvalue weighted by Gasteiger charge is -2.24. The van der Waals surface area contributed by atoms with E-state index in [4.69, 9.17) is 5.73 Å². The molecule has 0 atom stereocenters. The summed E-state index contributed by atoms with van der Waals surface area (Å²) < 4.78 is 0. The summed E-state index contributed by atoms with van der Waals surface area (Å²) in [7, 11) is 0. The maximum absolute atomic E-state index is 5.48. The van der Waals surface area contributed by atoms with Crippen LogP contribution in [0.1, 0.15) is 28.8 Å². The van der Waals surface area contributed by atoms with Gasteiger partial charge in [0.05, 0.1) is 13.1 Å². The van der Waals surface area contributed by atoms with E-state index in [2.05, 4.69) is 52.5 Å². The molecule has 0 unspecified atom stereocenters. The van der Waals surface area contributed by atoms with Crippen molar-refractivity contribution in [3.8, 4) is 11.8 Å². The Morgan fingerprint density at radius 3 is 3.00 bits per heavy atom. The Balaban J connectivity index is 1.86. The van der Waals surface area contributed by atoms with E-state index >= 15 is 0 Å². The van der Waals surface area contributed by atoms with Crippen LogP contribution in [-0.4, -0.2) is 13.1 Å². The van der Waals surface area contributed by atoms with Gasteiger partial charge >= 0.3 is 0 Å². The second kappa shape index (κ2) is 6.80. The summed E-state index contributed by atoms with van der Waals surface area (Å²) in [6, 6.07) is 10.9. The van der Waals surface area contributed by atoms with Crippen LogP contribution in [0, 0.1) is 11.8 Å². The number of hydrogen-bond donors (Lipinski definition) is 1. The van der Waals surface area contributed by atoms with Gasteiger partial charge in [-0.3, -0.25) is 0 Å². The highest BCUT2D eigenvalue weighted by atomic mass is 32.1. The van der Waals surface area contributed by atoms with Crippen LogP contribution in [0.25, 0.3) is 0 Å². The second-order valence-corrected chi connectivity index (χ2v) is 6.27. The first kappa shape index (κ1) is 14.2. The van der Waals surface area contributed by atoms with Crippen molar-refractivity contribution in [2.24, 2.45) is 5.73 Å². The number of hydrogen-bond acceptors (Lipinski definition) is 3. The van der Waals surface area contributed by atoms with Gasteiger partial charge in [-0.15, -0.1) is 11.3 Å². The summed E-state index contributed by atoms with van der Waals surface area (Å²) in [5.74, 6) is 6.16. The van der Waals surface area contributed by atoms with Crippen LogP contribution < -0.4 is 10.6 Å². The van der Waals surface area contributed by atoms with Crippen LogP contribution in [0.15, 0.2) is 35.7 Å². The summed E-state index contributed by atoms with van der Waals surface area (Å²) in [4.78, 5) is 3.84. The van der Waals surface area contributed by atoms with Crippen molar-refractivity contribution in [2.75, 3.05) is 18.0 Å². The summed E-state index contributed by atoms with van der Waals surface area (Å²) >= 11 is 1.79. The Bertz CT molecular complexity index is 663. The van der Waals surface area contributed by atoms with Crippen LogP contribution in [-0.2, 0) is 13.0 Å². The normalized spacial score (nSPS) is 14.0. The first-order valence-electron chi connectivity index (χ1n) is 7.46. The minimum atomic E-state index is 0.418. The molecule has 0 spiro atoms. The fraction of sp³-hybridized carbons (Fsp3) is 0.333. The summed E-state index contributed by atoms with van der Waals surface area (Å²) in [5.41, 5.74) is 9.48. The van der Waals surface area contributed by atoms with E-state index in [1.165, 1.54) is 35.4 Å². The number of nitrogens with two attached hydrogens (primary N) is 1. The number of thiophene rings is 1. The Labute approximate surface area is 130 Å². The number of fused-ring (bicyclic) bond motifs is 1. The van der Waals surface area contributed by atoms with Crippen LogP contribution >= 0.6 is 11.3 Å². The molecule has 0 amide bonds. The van der Waals surface area contributed by atoms with E-state index in [1.54, 1.807) is 11.3 Å². The highest BCUT2D eigenvalue weighted by Crippen LogP contribution is 2.29. The zero-order chi connectivity index (χ0) is 14.5. The van der Waals surface area contributed by atoms with Gasteiger partial charge in [-0.05, 0) is 42.3 Å². The molecule has 108 valence electrons. The molecule has 2 N–H and O–H groups in total. The summed E-state index contributed by atoms with van der Waals surface area (Å²) in [6.45, 7) is 2.49. The molecule has 1 aliphatic rings. The lowest BCUT2D eigenvalue weighted by Crippen LogP contribution is -2.23. The van der Waals surface area contributed by atoms with Gasteiger partial charge in [0, 0.05) is 22.7 Å². The van der Waals surface area contributed by atoms with E-state index in [9.17, 15) is 0 Å². The highest BCUT2D eigenvalue weighted by molar-refractivity contribution is 7.10. The molecule has 0 saturated carbocycles. The topological polar surface area (TPSA) is 29.3 Å². The number of rotatable bonds is 2. The Hall–Kier alpha value is -1.76. The Morgan fingerprint density at radius 2 is 2.10 bits per heavy atom. The van der Waals surface area contributed by atoms with E-state index in [0.29, 0.717) is 6.54 Å². The molecule has 0 radical (unpaired) electrons. The quantitative estimate of drug-likeness (QED) is 0.861. The molecule has 3 rings (SSSR count). The van der Waals surface area contributed by atoms with Crippen LogP contribution in [0.4, 0.5) is 5.69 Å². The third-order valence-electron chi connectivity index (χ3n) is 3.86. The van der Waals surface area contributed by atoms with Crippen molar-refractivity contribution in [3.63, 3.8) is 0 Å².